The number of nitrogens with one attached hydrogen (secondary N) is 1. The molecular weight excluding hydrogens is 396 g/mol. The zero-order chi connectivity index (χ0) is 22.1. The zero-order valence-electron chi connectivity index (χ0n) is 18.0. The highest BCUT2D eigenvalue weighted by Gasteiger charge is 2.34. The Hall–Kier alpha value is -4.04. The fourth-order valence-corrected chi connectivity index (χ4v) is 4.44. The Labute approximate surface area is 187 Å². The summed E-state index contributed by atoms with van der Waals surface area (Å²) in [5.41, 5.74) is 5.91. The fourth-order valence-electron chi connectivity index (χ4n) is 4.44. The first-order valence-electron chi connectivity index (χ1n) is 10.8. The van der Waals surface area contributed by atoms with Gasteiger partial charge in [-0.15, -0.1) is 0 Å². The Morgan fingerprint density at radius 2 is 1.75 bits per heavy atom. The normalized spacial score (nSPS) is 15.3. The molecule has 1 aliphatic heterocycles. The molecule has 4 aromatic rings. The molecule has 32 heavy (non-hydrogen) atoms. The van der Waals surface area contributed by atoms with E-state index in [1.807, 2.05) is 41.3 Å². The predicted octanol–water partition coefficient (Wildman–Crippen LogP) is 5.63. The summed E-state index contributed by atoms with van der Waals surface area (Å²) in [4.78, 5) is 15.5. The Morgan fingerprint density at radius 3 is 2.56 bits per heavy atom. The van der Waals surface area contributed by atoms with Crippen LogP contribution in [0.1, 0.15) is 39.6 Å². The number of fused-ring (bicyclic) bond motifs is 2. The van der Waals surface area contributed by atoms with Crippen molar-refractivity contribution in [3.63, 3.8) is 0 Å². The Kier molecular flexibility index (Phi) is 5.12. The third-order valence-corrected chi connectivity index (χ3v) is 6.07. The molecule has 5 rings (SSSR count). The molecule has 0 radical (unpaired) electrons. The zero-order valence-corrected chi connectivity index (χ0v) is 18.0. The van der Waals surface area contributed by atoms with Gasteiger partial charge in [0.2, 0.25) is 0 Å². The topological polar surface area (TPSA) is 61.1 Å². The van der Waals surface area contributed by atoms with Crippen LogP contribution >= 0.6 is 0 Å². The smallest absolute Gasteiger partial charge is 0.258 e. The maximum Gasteiger partial charge on any atom is 0.258 e. The van der Waals surface area contributed by atoms with Gasteiger partial charge in [-0.05, 0) is 30.7 Å². The summed E-state index contributed by atoms with van der Waals surface area (Å²) >= 11 is 0. The minimum absolute atomic E-state index is 0.0128. The van der Waals surface area contributed by atoms with Crippen LogP contribution in [0.3, 0.4) is 0 Å². The molecule has 0 bridgehead atoms. The summed E-state index contributed by atoms with van der Waals surface area (Å²) in [6, 6.07) is 26.4. The Morgan fingerprint density at radius 1 is 1.00 bits per heavy atom. The third-order valence-electron chi connectivity index (χ3n) is 6.07. The molecule has 5 nitrogen and oxygen atoms in total. The average Bonchev–Trinajstić information content (AvgIpc) is 3.19. The van der Waals surface area contributed by atoms with Crippen molar-refractivity contribution in [3.8, 4) is 6.07 Å². The quantitative estimate of drug-likeness (QED) is 0.455. The van der Waals surface area contributed by atoms with E-state index >= 15 is 0 Å². The molecule has 1 aliphatic rings. The number of carbonyl (C=O) groups excluding carboxylic acids is 1. The van der Waals surface area contributed by atoms with Gasteiger partial charge in [-0.25, -0.2) is 0 Å². The molecule has 158 valence electrons. The van der Waals surface area contributed by atoms with Crippen molar-refractivity contribution in [3.05, 3.63) is 101 Å². The van der Waals surface area contributed by atoms with Gasteiger partial charge in [-0.2, -0.15) is 5.26 Å². The molecule has 1 aromatic heterocycles. The van der Waals surface area contributed by atoms with Crippen LogP contribution in [0.5, 0.6) is 0 Å². The maximum absolute atomic E-state index is 13.6. The van der Waals surface area contributed by atoms with Crippen LogP contribution in [-0.4, -0.2) is 15.4 Å². The van der Waals surface area contributed by atoms with Crippen LogP contribution in [0.25, 0.3) is 10.9 Å². The van der Waals surface area contributed by atoms with Crippen LogP contribution in [0.2, 0.25) is 0 Å². The van der Waals surface area contributed by atoms with Gasteiger partial charge >= 0.3 is 0 Å². The number of carbonyl (C=O) groups is 1. The van der Waals surface area contributed by atoms with Crippen molar-refractivity contribution < 1.29 is 4.79 Å². The molecule has 0 aliphatic carbocycles. The third kappa shape index (κ3) is 3.50. The van der Waals surface area contributed by atoms with Gasteiger partial charge < -0.3 is 14.8 Å². The van der Waals surface area contributed by atoms with E-state index in [9.17, 15) is 4.79 Å². The van der Waals surface area contributed by atoms with Crippen LogP contribution in [-0.2, 0) is 13.1 Å². The minimum Gasteiger partial charge on any atom is -0.361 e. The Bertz CT molecular complexity index is 1330. The van der Waals surface area contributed by atoms with Crippen molar-refractivity contribution in [2.24, 2.45) is 0 Å². The lowest BCUT2D eigenvalue weighted by Gasteiger charge is -2.38. The summed E-state index contributed by atoms with van der Waals surface area (Å²) in [5, 5.41) is 13.8. The first-order valence-corrected chi connectivity index (χ1v) is 10.8. The van der Waals surface area contributed by atoms with Crippen molar-refractivity contribution in [2.45, 2.75) is 32.6 Å². The molecule has 2 heterocycles. The highest BCUT2D eigenvalue weighted by molar-refractivity contribution is 6.02. The largest absolute Gasteiger partial charge is 0.361 e. The van der Waals surface area contributed by atoms with Gasteiger partial charge in [0.25, 0.3) is 5.91 Å². The van der Waals surface area contributed by atoms with Gasteiger partial charge in [-0.3, -0.25) is 4.79 Å². The summed E-state index contributed by atoms with van der Waals surface area (Å²) in [7, 11) is 0. The average molecular weight is 421 g/mol. The van der Waals surface area contributed by atoms with Gasteiger partial charge in [-0.1, -0.05) is 60.2 Å². The van der Waals surface area contributed by atoms with Crippen molar-refractivity contribution >= 4 is 22.5 Å². The van der Waals surface area contributed by atoms with Crippen LogP contribution < -0.4 is 5.32 Å². The van der Waals surface area contributed by atoms with Crippen LogP contribution in [0, 0.1) is 18.3 Å². The number of aryl methyl sites for hydroxylation is 2. The second-order valence-electron chi connectivity index (χ2n) is 8.21. The van der Waals surface area contributed by atoms with E-state index in [2.05, 4.69) is 65.5 Å². The number of nitrogens with zero attached hydrogens (tertiary/aromatic N) is 3. The number of aromatic nitrogens is 1. The first-order chi connectivity index (χ1) is 15.7. The molecule has 0 unspecified atom stereocenters. The molecule has 3 aromatic carbocycles. The first kappa shape index (κ1) is 19.9. The molecule has 1 amide bonds. The SMILES string of the molecule is Cc1ccc(CN2C(=O)c3ccccc3N[C@H]2c2cn(CCC#N)c3ccccc23)cc1. The maximum atomic E-state index is 13.6. The predicted molar refractivity (Wildman–Crippen MR) is 126 cm³/mol. The lowest BCUT2D eigenvalue weighted by molar-refractivity contribution is 0.0667. The van der Waals surface area contributed by atoms with Gasteiger partial charge in [0.15, 0.2) is 0 Å². The lowest BCUT2D eigenvalue weighted by atomic mass is 10.0. The molecule has 0 spiro atoms. The van der Waals surface area contributed by atoms with E-state index in [0.717, 1.165) is 27.7 Å². The van der Waals surface area contributed by atoms with Gasteiger partial charge in [0.05, 0.1) is 18.1 Å². The van der Waals surface area contributed by atoms with Crippen LogP contribution in [0.15, 0.2) is 79.0 Å². The molecular formula is C27H24N4O. The van der Waals surface area contributed by atoms with E-state index in [1.54, 1.807) is 0 Å². The molecule has 1 atom stereocenters. The minimum atomic E-state index is -0.313. The number of benzene rings is 3. The molecule has 0 saturated carbocycles. The summed E-state index contributed by atoms with van der Waals surface area (Å²) in [6.45, 7) is 3.18. The summed E-state index contributed by atoms with van der Waals surface area (Å²) in [6.07, 6.45) is 2.21. The number of hydrogen-bond acceptors (Lipinski definition) is 3. The van der Waals surface area contributed by atoms with E-state index in [1.165, 1.54) is 5.56 Å². The number of hydrogen-bond donors (Lipinski definition) is 1. The van der Waals surface area contributed by atoms with E-state index < -0.39 is 0 Å². The van der Waals surface area contributed by atoms with Crippen molar-refractivity contribution in [1.82, 2.24) is 9.47 Å². The lowest BCUT2D eigenvalue weighted by Crippen LogP contribution is -2.42. The molecule has 0 fully saturated rings. The number of nitriles is 1. The van der Waals surface area contributed by atoms with Crippen LogP contribution in [0.4, 0.5) is 5.69 Å². The Balaban J connectivity index is 1.62. The molecule has 1 N–H and O–H groups in total. The summed E-state index contributed by atoms with van der Waals surface area (Å²) < 4.78 is 2.12. The number of rotatable bonds is 5. The number of anilines is 1. The van der Waals surface area contributed by atoms with E-state index in [4.69, 9.17) is 5.26 Å². The second-order valence-corrected chi connectivity index (χ2v) is 8.21. The highest BCUT2D eigenvalue weighted by atomic mass is 16.2. The number of amides is 1. The molecule has 0 saturated heterocycles. The fraction of sp³-hybridized carbons (Fsp3) is 0.185. The summed E-state index contributed by atoms with van der Waals surface area (Å²) in [5.74, 6) is 0.0128. The number of para-hydroxylation sites is 2. The van der Waals surface area contributed by atoms with Crippen molar-refractivity contribution in [1.29, 1.82) is 5.26 Å². The van der Waals surface area contributed by atoms with Crippen molar-refractivity contribution in [2.75, 3.05) is 5.32 Å². The highest BCUT2D eigenvalue weighted by Crippen LogP contribution is 2.37. The van der Waals surface area contributed by atoms with E-state index in [0.29, 0.717) is 25.1 Å². The van der Waals surface area contributed by atoms with Gasteiger partial charge in [0.1, 0.15) is 6.17 Å². The van der Waals surface area contributed by atoms with E-state index in [-0.39, 0.29) is 12.1 Å². The second kappa shape index (κ2) is 8.24. The van der Waals surface area contributed by atoms with Gasteiger partial charge in [0, 0.05) is 41.4 Å². The molecule has 5 heteroatoms. The monoisotopic (exact) mass is 420 g/mol. The standard InChI is InChI=1S/C27H24N4O/c1-19-11-13-20(14-12-19)17-31-26(29-24-9-4-2-8-22(24)27(31)32)23-18-30(16-6-15-28)25-10-5-3-7-21(23)25/h2-5,7-14,18,26,29H,6,16-17H2,1H3/t26-/m1/s1.